The summed E-state index contributed by atoms with van der Waals surface area (Å²) in [6.07, 6.45) is 1.53. The molecule has 0 saturated carbocycles. The molecule has 1 aromatic rings. The van der Waals surface area contributed by atoms with Gasteiger partial charge in [-0.3, -0.25) is 4.79 Å². The van der Waals surface area contributed by atoms with Crippen LogP contribution in [0.2, 0.25) is 5.02 Å². The van der Waals surface area contributed by atoms with Crippen LogP contribution < -0.4 is 11.1 Å². The first-order valence-electron chi connectivity index (χ1n) is 6.87. The van der Waals surface area contributed by atoms with Crippen LogP contribution in [-0.2, 0) is 9.53 Å². The molecule has 0 aliphatic rings. The van der Waals surface area contributed by atoms with Crippen LogP contribution in [-0.4, -0.2) is 18.6 Å². The number of benzene rings is 1. The molecule has 0 heterocycles. The lowest BCUT2D eigenvalue weighted by atomic mass is 10.1. The summed E-state index contributed by atoms with van der Waals surface area (Å²) in [5, 5.41) is 3.25. The first-order chi connectivity index (χ1) is 9.40. The standard InChI is InChI=1S/C15H23ClN2O2/c1-10(2)5-4-8-20-11(3)15(19)18-14-9-12(16)6-7-13(14)17/h6-7,9-11H,4-5,8,17H2,1-3H3,(H,18,19). The molecule has 1 aromatic carbocycles. The molecular formula is C15H23ClN2O2. The number of nitrogens with one attached hydrogen (secondary N) is 1. The van der Waals surface area contributed by atoms with E-state index in [4.69, 9.17) is 22.1 Å². The smallest absolute Gasteiger partial charge is 0.253 e. The van der Waals surface area contributed by atoms with Gasteiger partial charge in [-0.05, 0) is 43.9 Å². The minimum absolute atomic E-state index is 0.219. The zero-order valence-electron chi connectivity index (χ0n) is 12.3. The second-order valence-corrected chi connectivity index (χ2v) is 5.71. The zero-order valence-corrected chi connectivity index (χ0v) is 13.0. The van der Waals surface area contributed by atoms with Crippen LogP contribution in [0.3, 0.4) is 0 Å². The molecule has 0 spiro atoms. The summed E-state index contributed by atoms with van der Waals surface area (Å²) < 4.78 is 5.51. The number of amides is 1. The van der Waals surface area contributed by atoms with E-state index in [1.807, 2.05) is 0 Å². The molecule has 1 rings (SSSR count). The SMILES string of the molecule is CC(C)CCCOC(C)C(=O)Nc1cc(Cl)ccc1N. The Balaban J connectivity index is 2.43. The summed E-state index contributed by atoms with van der Waals surface area (Å²) in [5.74, 6) is 0.428. The van der Waals surface area contributed by atoms with Gasteiger partial charge in [-0.15, -0.1) is 0 Å². The molecule has 1 amide bonds. The molecule has 0 radical (unpaired) electrons. The lowest BCUT2D eigenvalue weighted by Gasteiger charge is -2.15. The largest absolute Gasteiger partial charge is 0.397 e. The minimum Gasteiger partial charge on any atom is -0.397 e. The fraction of sp³-hybridized carbons (Fsp3) is 0.533. The Morgan fingerprint density at radius 3 is 2.75 bits per heavy atom. The van der Waals surface area contributed by atoms with E-state index in [2.05, 4.69) is 19.2 Å². The number of rotatable bonds is 7. The van der Waals surface area contributed by atoms with E-state index in [9.17, 15) is 4.79 Å². The number of hydrogen-bond acceptors (Lipinski definition) is 3. The molecule has 0 saturated heterocycles. The Labute approximate surface area is 125 Å². The number of halogens is 1. The highest BCUT2D eigenvalue weighted by molar-refractivity contribution is 6.31. The van der Waals surface area contributed by atoms with Crippen LogP contribution in [0.1, 0.15) is 33.6 Å². The van der Waals surface area contributed by atoms with Gasteiger partial charge in [0.1, 0.15) is 6.10 Å². The van der Waals surface area contributed by atoms with Crippen molar-refractivity contribution in [3.63, 3.8) is 0 Å². The highest BCUT2D eigenvalue weighted by Gasteiger charge is 2.14. The van der Waals surface area contributed by atoms with Crippen LogP contribution in [0, 0.1) is 5.92 Å². The molecule has 5 heteroatoms. The van der Waals surface area contributed by atoms with Gasteiger partial charge >= 0.3 is 0 Å². The second-order valence-electron chi connectivity index (χ2n) is 5.27. The van der Waals surface area contributed by atoms with Crippen LogP contribution >= 0.6 is 11.6 Å². The third-order valence-electron chi connectivity index (χ3n) is 2.94. The van der Waals surface area contributed by atoms with E-state index in [-0.39, 0.29) is 5.91 Å². The van der Waals surface area contributed by atoms with Gasteiger partial charge in [-0.25, -0.2) is 0 Å². The number of hydrogen-bond donors (Lipinski definition) is 2. The van der Waals surface area contributed by atoms with E-state index in [0.29, 0.717) is 28.9 Å². The van der Waals surface area contributed by atoms with E-state index in [0.717, 1.165) is 12.8 Å². The summed E-state index contributed by atoms with van der Waals surface area (Å²) in [6.45, 7) is 6.64. The number of ether oxygens (including phenoxy) is 1. The van der Waals surface area contributed by atoms with Gasteiger partial charge in [-0.2, -0.15) is 0 Å². The molecule has 0 aromatic heterocycles. The fourth-order valence-electron chi connectivity index (χ4n) is 1.70. The minimum atomic E-state index is -0.513. The first-order valence-corrected chi connectivity index (χ1v) is 7.25. The van der Waals surface area contributed by atoms with E-state index in [1.165, 1.54) is 0 Å². The summed E-state index contributed by atoms with van der Waals surface area (Å²) in [7, 11) is 0. The van der Waals surface area contributed by atoms with Crippen LogP contribution in [0.15, 0.2) is 18.2 Å². The first kappa shape index (κ1) is 16.8. The molecule has 0 bridgehead atoms. The van der Waals surface area contributed by atoms with Crippen molar-refractivity contribution in [2.45, 2.75) is 39.7 Å². The van der Waals surface area contributed by atoms with Crippen molar-refractivity contribution in [3.8, 4) is 0 Å². The lowest BCUT2D eigenvalue weighted by molar-refractivity contribution is -0.126. The zero-order chi connectivity index (χ0) is 15.1. The van der Waals surface area contributed by atoms with Crippen molar-refractivity contribution in [1.29, 1.82) is 0 Å². The molecule has 1 atom stereocenters. The van der Waals surface area contributed by atoms with Crippen molar-refractivity contribution in [1.82, 2.24) is 0 Å². The lowest BCUT2D eigenvalue weighted by Crippen LogP contribution is -2.28. The van der Waals surface area contributed by atoms with Gasteiger partial charge < -0.3 is 15.8 Å². The second kappa shape index (κ2) is 8.12. The molecule has 112 valence electrons. The predicted molar refractivity (Wildman–Crippen MR) is 84.0 cm³/mol. The maximum Gasteiger partial charge on any atom is 0.253 e. The maximum absolute atomic E-state index is 12.0. The summed E-state index contributed by atoms with van der Waals surface area (Å²) in [4.78, 5) is 12.0. The quantitative estimate of drug-likeness (QED) is 0.596. The summed E-state index contributed by atoms with van der Waals surface area (Å²) in [6, 6.07) is 4.96. The van der Waals surface area contributed by atoms with Crippen molar-refractivity contribution in [3.05, 3.63) is 23.2 Å². The van der Waals surface area contributed by atoms with E-state index >= 15 is 0 Å². The highest BCUT2D eigenvalue weighted by Crippen LogP contribution is 2.23. The van der Waals surface area contributed by atoms with Crippen molar-refractivity contribution >= 4 is 28.9 Å². The van der Waals surface area contributed by atoms with Gasteiger partial charge in [0.25, 0.3) is 5.91 Å². The molecule has 0 aliphatic carbocycles. The number of anilines is 2. The third kappa shape index (κ3) is 5.80. The number of nitrogen functional groups attached to an aromatic ring is 1. The number of carbonyl (C=O) groups excluding carboxylic acids is 1. The Hall–Kier alpha value is -1.26. The van der Waals surface area contributed by atoms with Crippen LogP contribution in [0.4, 0.5) is 11.4 Å². The van der Waals surface area contributed by atoms with Crippen molar-refractivity contribution in [2.75, 3.05) is 17.7 Å². The van der Waals surface area contributed by atoms with E-state index in [1.54, 1.807) is 25.1 Å². The molecule has 20 heavy (non-hydrogen) atoms. The Morgan fingerprint density at radius 2 is 2.10 bits per heavy atom. The maximum atomic E-state index is 12.0. The number of nitrogens with two attached hydrogens (primary N) is 1. The highest BCUT2D eigenvalue weighted by atomic mass is 35.5. The monoisotopic (exact) mass is 298 g/mol. The van der Waals surface area contributed by atoms with Crippen molar-refractivity contribution in [2.24, 2.45) is 5.92 Å². The van der Waals surface area contributed by atoms with Gasteiger partial charge in [0.15, 0.2) is 0 Å². The molecule has 3 N–H and O–H groups in total. The summed E-state index contributed by atoms with van der Waals surface area (Å²) in [5.41, 5.74) is 6.77. The van der Waals surface area contributed by atoms with Gasteiger partial charge in [-0.1, -0.05) is 25.4 Å². The molecule has 4 nitrogen and oxygen atoms in total. The molecule has 1 unspecified atom stereocenters. The topological polar surface area (TPSA) is 64.3 Å². The third-order valence-corrected chi connectivity index (χ3v) is 3.17. The van der Waals surface area contributed by atoms with E-state index < -0.39 is 6.10 Å². The molecule has 0 fully saturated rings. The van der Waals surface area contributed by atoms with Gasteiger partial charge in [0, 0.05) is 11.6 Å². The van der Waals surface area contributed by atoms with Gasteiger partial charge in [0.05, 0.1) is 11.4 Å². The summed E-state index contributed by atoms with van der Waals surface area (Å²) >= 11 is 5.87. The normalized spacial score (nSPS) is 12.4. The molecular weight excluding hydrogens is 276 g/mol. The Kier molecular flexibility index (Phi) is 6.82. The average molecular weight is 299 g/mol. The predicted octanol–water partition coefficient (Wildman–Crippen LogP) is 3.70. The van der Waals surface area contributed by atoms with Crippen molar-refractivity contribution < 1.29 is 9.53 Å². The molecule has 0 aliphatic heterocycles. The van der Waals surface area contributed by atoms with Crippen LogP contribution in [0.5, 0.6) is 0 Å². The fourth-order valence-corrected chi connectivity index (χ4v) is 1.87. The Morgan fingerprint density at radius 1 is 1.40 bits per heavy atom. The van der Waals surface area contributed by atoms with Crippen LogP contribution in [0.25, 0.3) is 0 Å². The Bertz CT molecular complexity index is 449. The average Bonchev–Trinajstić information content (AvgIpc) is 2.38. The van der Waals surface area contributed by atoms with Gasteiger partial charge in [0.2, 0.25) is 0 Å². The number of carbonyl (C=O) groups is 1.